The van der Waals surface area contributed by atoms with E-state index in [1.807, 2.05) is 0 Å². The van der Waals surface area contributed by atoms with Gasteiger partial charge in [-0.3, -0.25) is 0 Å². The Labute approximate surface area is 82.4 Å². The minimum atomic E-state index is 0.317. The third-order valence-corrected chi connectivity index (χ3v) is 2.02. The summed E-state index contributed by atoms with van der Waals surface area (Å²) in [5.74, 6) is 0.317. The van der Waals surface area contributed by atoms with Gasteiger partial charge in [0.05, 0.1) is 6.54 Å². The molecule has 4 nitrogen and oxygen atoms in total. The summed E-state index contributed by atoms with van der Waals surface area (Å²) < 4.78 is 1.72. The number of hydrogen-bond donors (Lipinski definition) is 1. The third kappa shape index (κ3) is 1.90. The molecule has 0 unspecified atom stereocenters. The van der Waals surface area contributed by atoms with E-state index in [1.54, 1.807) is 11.0 Å². The average molecular weight is 188 g/mol. The lowest BCUT2D eigenvalue weighted by molar-refractivity contribution is 0.687. The molecule has 4 heteroatoms. The second kappa shape index (κ2) is 3.49. The predicted molar refractivity (Wildman–Crippen MR) is 54.7 cm³/mol. The van der Waals surface area contributed by atoms with Crippen molar-refractivity contribution in [2.24, 2.45) is 0 Å². The van der Waals surface area contributed by atoms with E-state index in [2.05, 4.69) is 41.3 Å². The Morgan fingerprint density at radius 2 is 2.00 bits per heavy atom. The van der Waals surface area contributed by atoms with E-state index in [1.165, 1.54) is 11.1 Å². The molecule has 0 saturated heterocycles. The van der Waals surface area contributed by atoms with Crippen LogP contribution in [-0.4, -0.2) is 14.8 Å². The van der Waals surface area contributed by atoms with Crippen molar-refractivity contribution in [3.8, 4) is 0 Å². The van der Waals surface area contributed by atoms with Gasteiger partial charge < -0.3 is 5.73 Å². The summed E-state index contributed by atoms with van der Waals surface area (Å²) in [5, 5.41) is 4.01. The fourth-order valence-corrected chi connectivity index (χ4v) is 1.27. The first-order valence-electron chi connectivity index (χ1n) is 4.44. The molecule has 72 valence electrons. The van der Waals surface area contributed by atoms with Gasteiger partial charge >= 0.3 is 0 Å². The summed E-state index contributed by atoms with van der Waals surface area (Å²) in [5.41, 5.74) is 7.86. The van der Waals surface area contributed by atoms with E-state index in [-0.39, 0.29) is 0 Å². The lowest BCUT2D eigenvalue weighted by Crippen LogP contribution is -2.00. The highest BCUT2D eigenvalue weighted by molar-refractivity contribution is 5.21. The largest absolute Gasteiger partial charge is 0.367 e. The smallest absolute Gasteiger partial charge is 0.239 e. The van der Waals surface area contributed by atoms with Gasteiger partial charge in [-0.05, 0) is 12.5 Å². The van der Waals surface area contributed by atoms with E-state index in [0.717, 1.165) is 0 Å². The second-order valence-corrected chi connectivity index (χ2v) is 3.29. The molecule has 0 aliphatic carbocycles. The van der Waals surface area contributed by atoms with Crippen molar-refractivity contribution in [1.82, 2.24) is 14.8 Å². The minimum Gasteiger partial charge on any atom is -0.367 e. The number of nitrogens with two attached hydrogens (primary N) is 1. The Hall–Kier alpha value is -1.84. The molecule has 1 heterocycles. The Morgan fingerprint density at radius 1 is 1.29 bits per heavy atom. The highest BCUT2D eigenvalue weighted by Crippen LogP contribution is 2.04. The highest BCUT2D eigenvalue weighted by Gasteiger charge is 1.97. The van der Waals surface area contributed by atoms with Crippen LogP contribution in [-0.2, 0) is 6.54 Å². The maximum absolute atomic E-state index is 5.41. The molecule has 2 aromatic rings. The molecule has 2 N–H and O–H groups in total. The summed E-state index contributed by atoms with van der Waals surface area (Å²) in [4.78, 5) is 3.86. The van der Waals surface area contributed by atoms with Gasteiger partial charge in [-0.1, -0.05) is 29.8 Å². The second-order valence-electron chi connectivity index (χ2n) is 3.29. The highest BCUT2D eigenvalue weighted by atomic mass is 15.3. The Kier molecular flexibility index (Phi) is 2.18. The van der Waals surface area contributed by atoms with E-state index >= 15 is 0 Å². The standard InChI is InChI=1S/C10H12N4/c1-8-2-4-9(5-3-8)6-14-7-12-10(11)13-14/h2-5,7H,6H2,1H3,(H2,11,13). The van der Waals surface area contributed by atoms with Gasteiger partial charge in [0, 0.05) is 0 Å². The summed E-state index contributed by atoms with van der Waals surface area (Å²) >= 11 is 0. The quantitative estimate of drug-likeness (QED) is 0.770. The molecule has 0 fully saturated rings. The monoisotopic (exact) mass is 188 g/mol. The van der Waals surface area contributed by atoms with Crippen LogP contribution in [0.15, 0.2) is 30.6 Å². The van der Waals surface area contributed by atoms with Gasteiger partial charge in [0.2, 0.25) is 5.95 Å². The maximum Gasteiger partial charge on any atom is 0.239 e. The first kappa shape index (κ1) is 8.74. The minimum absolute atomic E-state index is 0.317. The first-order valence-corrected chi connectivity index (χ1v) is 4.44. The van der Waals surface area contributed by atoms with E-state index in [9.17, 15) is 0 Å². The molecule has 0 aliphatic heterocycles. The Bertz CT molecular complexity index is 416. The average Bonchev–Trinajstić information content (AvgIpc) is 2.56. The number of anilines is 1. The van der Waals surface area contributed by atoms with E-state index in [4.69, 9.17) is 5.73 Å². The van der Waals surface area contributed by atoms with Crippen molar-refractivity contribution in [2.75, 3.05) is 5.73 Å². The molecule has 2 rings (SSSR count). The molecule has 0 atom stereocenters. The molecule has 1 aromatic heterocycles. The molecule has 0 spiro atoms. The third-order valence-electron chi connectivity index (χ3n) is 2.02. The van der Waals surface area contributed by atoms with E-state index in [0.29, 0.717) is 12.5 Å². The molecule has 14 heavy (non-hydrogen) atoms. The zero-order chi connectivity index (χ0) is 9.97. The zero-order valence-corrected chi connectivity index (χ0v) is 8.01. The first-order chi connectivity index (χ1) is 6.74. The number of nitrogen functional groups attached to an aromatic ring is 1. The van der Waals surface area contributed by atoms with Crippen LogP contribution in [0.5, 0.6) is 0 Å². The summed E-state index contributed by atoms with van der Waals surface area (Å²) in [6.07, 6.45) is 1.63. The van der Waals surface area contributed by atoms with Gasteiger partial charge in [-0.25, -0.2) is 9.67 Å². The van der Waals surface area contributed by atoms with Gasteiger partial charge in [0.15, 0.2) is 0 Å². The van der Waals surface area contributed by atoms with Gasteiger partial charge in [0.1, 0.15) is 6.33 Å². The zero-order valence-electron chi connectivity index (χ0n) is 8.01. The number of benzene rings is 1. The van der Waals surface area contributed by atoms with Crippen molar-refractivity contribution >= 4 is 5.95 Å². The molecular formula is C10H12N4. The van der Waals surface area contributed by atoms with Gasteiger partial charge in [0.25, 0.3) is 0 Å². The van der Waals surface area contributed by atoms with Crippen LogP contribution >= 0.6 is 0 Å². The number of rotatable bonds is 2. The lowest BCUT2D eigenvalue weighted by atomic mass is 10.1. The number of nitrogens with zero attached hydrogens (tertiary/aromatic N) is 3. The molecule has 0 bridgehead atoms. The summed E-state index contributed by atoms with van der Waals surface area (Å²) in [7, 11) is 0. The van der Waals surface area contributed by atoms with Crippen molar-refractivity contribution in [3.05, 3.63) is 41.7 Å². The molecule has 0 saturated carbocycles. The lowest BCUT2D eigenvalue weighted by Gasteiger charge is -2.00. The molecule has 0 radical (unpaired) electrons. The fraction of sp³-hybridized carbons (Fsp3) is 0.200. The van der Waals surface area contributed by atoms with Crippen molar-refractivity contribution in [2.45, 2.75) is 13.5 Å². The molecule has 0 aliphatic rings. The van der Waals surface area contributed by atoms with Crippen molar-refractivity contribution in [1.29, 1.82) is 0 Å². The maximum atomic E-state index is 5.41. The van der Waals surface area contributed by atoms with Gasteiger partial charge in [-0.2, -0.15) is 0 Å². The SMILES string of the molecule is Cc1ccc(Cn2cnc(N)n2)cc1. The predicted octanol–water partition coefficient (Wildman–Crippen LogP) is 1.22. The number of aromatic nitrogens is 3. The summed E-state index contributed by atoms with van der Waals surface area (Å²) in [6, 6.07) is 8.31. The Morgan fingerprint density at radius 3 is 2.57 bits per heavy atom. The van der Waals surface area contributed by atoms with Crippen LogP contribution in [0.2, 0.25) is 0 Å². The Balaban J connectivity index is 2.15. The van der Waals surface area contributed by atoms with Crippen molar-refractivity contribution < 1.29 is 0 Å². The van der Waals surface area contributed by atoms with Crippen LogP contribution in [0.4, 0.5) is 5.95 Å². The molecule has 0 amide bonds. The van der Waals surface area contributed by atoms with Crippen molar-refractivity contribution in [3.63, 3.8) is 0 Å². The van der Waals surface area contributed by atoms with Crippen LogP contribution < -0.4 is 5.73 Å². The topological polar surface area (TPSA) is 56.7 Å². The summed E-state index contributed by atoms with van der Waals surface area (Å²) in [6.45, 7) is 2.78. The fourth-order valence-electron chi connectivity index (χ4n) is 1.27. The van der Waals surface area contributed by atoms with Crippen LogP contribution in [0.3, 0.4) is 0 Å². The normalized spacial score (nSPS) is 10.4. The van der Waals surface area contributed by atoms with Crippen LogP contribution in [0.1, 0.15) is 11.1 Å². The number of hydrogen-bond acceptors (Lipinski definition) is 3. The molecule has 1 aromatic carbocycles. The molecular weight excluding hydrogens is 176 g/mol. The van der Waals surface area contributed by atoms with E-state index < -0.39 is 0 Å². The van der Waals surface area contributed by atoms with Gasteiger partial charge in [-0.15, -0.1) is 5.10 Å². The number of aryl methyl sites for hydroxylation is 1. The van der Waals surface area contributed by atoms with Crippen LogP contribution in [0.25, 0.3) is 0 Å². The van der Waals surface area contributed by atoms with Crippen LogP contribution in [0, 0.1) is 6.92 Å².